The van der Waals surface area contributed by atoms with Gasteiger partial charge in [-0.25, -0.2) is 22.8 Å². The monoisotopic (exact) mass is 607 g/mol. The number of piperidine rings is 1. The van der Waals surface area contributed by atoms with Crippen LogP contribution >= 0.6 is 0 Å². The first-order valence-corrected chi connectivity index (χ1v) is 15.2. The zero-order valence-electron chi connectivity index (χ0n) is 23.6. The molecule has 2 aromatic heterocycles. The second kappa shape index (κ2) is 11.1. The van der Waals surface area contributed by atoms with Gasteiger partial charge in [-0.05, 0) is 48.4 Å². The van der Waals surface area contributed by atoms with Crippen molar-refractivity contribution in [3.8, 4) is 17.0 Å². The number of hydrogen-bond donors (Lipinski definition) is 2. The fourth-order valence-electron chi connectivity index (χ4n) is 5.41. The highest BCUT2D eigenvalue weighted by atomic mass is 32.2. The summed E-state index contributed by atoms with van der Waals surface area (Å²) in [5.74, 6) is -1.55. The maximum atomic E-state index is 14.6. The summed E-state index contributed by atoms with van der Waals surface area (Å²) in [6.07, 6.45) is 2.62. The SMILES string of the molecule is COc1ncc(-c2ccc3nc(N)c(C(=O)N4CCC5(CC4)OCCO5)cc3c2)cc1S(=O)(=O)Nc1cccc(C)c1F. The lowest BCUT2D eigenvalue weighted by Crippen LogP contribution is -2.47. The molecule has 43 heavy (non-hydrogen) atoms. The zero-order chi connectivity index (χ0) is 30.4. The summed E-state index contributed by atoms with van der Waals surface area (Å²) >= 11 is 0. The Morgan fingerprint density at radius 1 is 1.09 bits per heavy atom. The number of methoxy groups -OCH3 is 1. The number of nitrogens with zero attached hydrogens (tertiary/aromatic N) is 3. The van der Waals surface area contributed by atoms with E-state index in [4.69, 9.17) is 19.9 Å². The first-order chi connectivity index (χ1) is 20.6. The molecule has 2 aliphatic rings. The number of nitrogens with one attached hydrogen (secondary N) is 1. The minimum atomic E-state index is -4.29. The van der Waals surface area contributed by atoms with Crippen molar-refractivity contribution in [2.24, 2.45) is 0 Å². The Balaban J connectivity index is 1.31. The summed E-state index contributed by atoms with van der Waals surface area (Å²) in [6.45, 7) is 3.57. The van der Waals surface area contributed by atoms with Crippen LogP contribution < -0.4 is 15.2 Å². The van der Waals surface area contributed by atoms with Crippen molar-refractivity contribution in [1.29, 1.82) is 0 Å². The van der Waals surface area contributed by atoms with E-state index in [2.05, 4.69) is 14.7 Å². The molecule has 6 rings (SSSR count). The Morgan fingerprint density at radius 3 is 2.56 bits per heavy atom. The molecule has 224 valence electrons. The van der Waals surface area contributed by atoms with Gasteiger partial charge >= 0.3 is 0 Å². The molecule has 0 saturated carbocycles. The van der Waals surface area contributed by atoms with E-state index in [-0.39, 0.29) is 33.8 Å². The maximum Gasteiger partial charge on any atom is 0.267 e. The van der Waals surface area contributed by atoms with E-state index in [1.54, 1.807) is 48.2 Å². The minimum Gasteiger partial charge on any atom is -0.480 e. The number of amides is 1. The molecule has 2 fully saturated rings. The van der Waals surface area contributed by atoms with Crippen LogP contribution in [0.2, 0.25) is 0 Å². The molecule has 0 atom stereocenters. The molecule has 13 heteroatoms. The van der Waals surface area contributed by atoms with Crippen molar-refractivity contribution in [2.45, 2.75) is 30.4 Å². The molecule has 0 bridgehead atoms. The van der Waals surface area contributed by atoms with Crippen LogP contribution in [0.25, 0.3) is 22.0 Å². The number of carbonyl (C=O) groups excluding carboxylic acids is 1. The number of rotatable bonds is 6. The smallest absolute Gasteiger partial charge is 0.267 e. The lowest BCUT2D eigenvalue weighted by Gasteiger charge is -2.37. The highest BCUT2D eigenvalue weighted by Gasteiger charge is 2.41. The quantitative estimate of drug-likeness (QED) is 0.331. The molecular formula is C30H30FN5O6S. The van der Waals surface area contributed by atoms with Gasteiger partial charge in [0.05, 0.1) is 37.1 Å². The summed E-state index contributed by atoms with van der Waals surface area (Å²) in [6, 6.07) is 12.8. The van der Waals surface area contributed by atoms with Gasteiger partial charge in [0, 0.05) is 43.1 Å². The standard InChI is InChI=1S/C30H30FN5O6S/c1-18-4-3-5-24(26(18)31)35-43(38,39)25-16-21(17-33-28(25)40-2)19-6-7-23-20(14-19)15-22(27(32)34-23)29(37)36-10-8-30(9-11-36)41-12-13-42-30/h3-7,14-17,35H,8-13H2,1-2H3,(H2,32,34). The summed E-state index contributed by atoms with van der Waals surface area (Å²) in [5, 5.41) is 0.631. The Morgan fingerprint density at radius 2 is 1.84 bits per heavy atom. The van der Waals surface area contributed by atoms with Gasteiger partial charge in [0.25, 0.3) is 15.9 Å². The average Bonchev–Trinajstić information content (AvgIpc) is 3.46. The number of anilines is 2. The third-order valence-corrected chi connectivity index (χ3v) is 9.13. The second-order valence-electron chi connectivity index (χ2n) is 10.5. The molecule has 4 heterocycles. The molecule has 2 saturated heterocycles. The summed E-state index contributed by atoms with van der Waals surface area (Å²) in [4.78, 5) is 23.5. The van der Waals surface area contributed by atoms with Crippen molar-refractivity contribution in [2.75, 3.05) is 43.9 Å². The van der Waals surface area contributed by atoms with Gasteiger partial charge in [-0.1, -0.05) is 18.2 Å². The first kappa shape index (κ1) is 28.8. The molecule has 2 aromatic carbocycles. The summed E-state index contributed by atoms with van der Waals surface area (Å²) < 4.78 is 60.4. The van der Waals surface area contributed by atoms with Crippen LogP contribution in [0.1, 0.15) is 28.8 Å². The van der Waals surface area contributed by atoms with Gasteiger partial charge in [0.15, 0.2) is 5.79 Å². The van der Waals surface area contributed by atoms with Crippen LogP contribution in [0.3, 0.4) is 0 Å². The third kappa shape index (κ3) is 5.46. The Labute approximate surface area is 247 Å². The minimum absolute atomic E-state index is 0.118. The first-order valence-electron chi connectivity index (χ1n) is 13.7. The van der Waals surface area contributed by atoms with Crippen molar-refractivity contribution in [1.82, 2.24) is 14.9 Å². The molecule has 2 aliphatic heterocycles. The van der Waals surface area contributed by atoms with Crippen molar-refractivity contribution in [3.05, 3.63) is 71.7 Å². The number of likely N-dealkylation sites (tertiary alicyclic amines) is 1. The van der Waals surface area contributed by atoms with E-state index in [0.29, 0.717) is 66.7 Å². The summed E-state index contributed by atoms with van der Waals surface area (Å²) in [7, 11) is -2.99. The molecule has 0 aliphatic carbocycles. The van der Waals surface area contributed by atoms with E-state index >= 15 is 0 Å². The number of carbonyl (C=O) groups is 1. The van der Waals surface area contributed by atoms with Gasteiger partial charge in [0.1, 0.15) is 16.5 Å². The fraction of sp³-hybridized carbons (Fsp3) is 0.300. The normalized spacial score (nSPS) is 16.5. The molecule has 0 unspecified atom stereocenters. The van der Waals surface area contributed by atoms with Crippen LogP contribution in [0.5, 0.6) is 5.88 Å². The van der Waals surface area contributed by atoms with Gasteiger partial charge in [-0.15, -0.1) is 0 Å². The Hall–Kier alpha value is -4.33. The number of aromatic nitrogens is 2. The molecule has 4 aromatic rings. The molecule has 1 spiro atoms. The summed E-state index contributed by atoms with van der Waals surface area (Å²) in [5.41, 5.74) is 8.22. The number of sulfonamides is 1. The number of benzene rings is 2. The predicted molar refractivity (Wildman–Crippen MR) is 158 cm³/mol. The van der Waals surface area contributed by atoms with Gasteiger partial charge in [-0.3, -0.25) is 9.52 Å². The van der Waals surface area contributed by atoms with Crippen molar-refractivity contribution in [3.63, 3.8) is 0 Å². The van der Waals surface area contributed by atoms with Crippen LogP contribution in [-0.4, -0.2) is 68.4 Å². The largest absolute Gasteiger partial charge is 0.480 e. The van der Waals surface area contributed by atoms with Gasteiger partial charge in [-0.2, -0.15) is 0 Å². The lowest BCUT2D eigenvalue weighted by molar-refractivity contribution is -0.181. The highest BCUT2D eigenvalue weighted by Crippen LogP contribution is 2.34. The lowest BCUT2D eigenvalue weighted by atomic mass is 10.0. The average molecular weight is 608 g/mol. The number of aryl methyl sites for hydroxylation is 1. The van der Waals surface area contributed by atoms with Gasteiger partial charge < -0.3 is 24.8 Å². The van der Waals surface area contributed by atoms with Crippen LogP contribution in [0, 0.1) is 12.7 Å². The Kier molecular flexibility index (Phi) is 7.40. The topological polar surface area (TPSA) is 146 Å². The predicted octanol–water partition coefficient (Wildman–Crippen LogP) is 4.12. The van der Waals surface area contributed by atoms with Crippen LogP contribution in [-0.2, 0) is 19.5 Å². The third-order valence-electron chi connectivity index (χ3n) is 7.77. The number of fused-ring (bicyclic) bond motifs is 1. The van der Waals surface area contributed by atoms with Crippen LogP contribution in [0.4, 0.5) is 15.9 Å². The molecule has 11 nitrogen and oxygen atoms in total. The molecular weight excluding hydrogens is 577 g/mol. The Bertz CT molecular complexity index is 1830. The van der Waals surface area contributed by atoms with Crippen LogP contribution in [0.15, 0.2) is 59.6 Å². The van der Waals surface area contributed by atoms with Crippen molar-refractivity contribution >= 4 is 38.3 Å². The number of nitrogen functional groups attached to an aromatic ring is 1. The van der Waals surface area contributed by atoms with E-state index in [1.165, 1.54) is 25.4 Å². The number of ether oxygens (including phenoxy) is 3. The zero-order valence-corrected chi connectivity index (χ0v) is 24.4. The van der Waals surface area contributed by atoms with E-state index in [1.807, 2.05) is 0 Å². The number of nitrogens with two attached hydrogens (primary N) is 1. The number of pyridine rings is 2. The molecule has 1 amide bonds. The second-order valence-corrected chi connectivity index (χ2v) is 12.2. The van der Waals surface area contributed by atoms with Gasteiger partial charge in [0.2, 0.25) is 5.88 Å². The number of halogens is 1. The fourth-order valence-corrected chi connectivity index (χ4v) is 6.62. The molecule has 0 radical (unpaired) electrons. The maximum absolute atomic E-state index is 14.6. The van der Waals surface area contributed by atoms with E-state index < -0.39 is 21.6 Å². The molecule has 3 N–H and O–H groups in total. The highest BCUT2D eigenvalue weighted by molar-refractivity contribution is 7.92. The number of hydrogen-bond acceptors (Lipinski definition) is 9. The van der Waals surface area contributed by atoms with E-state index in [9.17, 15) is 17.6 Å². The van der Waals surface area contributed by atoms with Crippen molar-refractivity contribution < 1.29 is 31.8 Å². The van der Waals surface area contributed by atoms with E-state index in [0.717, 1.165) is 0 Å².